The fourth-order valence-electron chi connectivity index (χ4n) is 3.07. The minimum absolute atomic E-state index is 0.0494. The highest BCUT2D eigenvalue weighted by atomic mass is 16.3. The molecule has 1 aliphatic rings. The van der Waals surface area contributed by atoms with Crippen LogP contribution in [0, 0.1) is 0 Å². The Bertz CT molecular complexity index is 574. The van der Waals surface area contributed by atoms with Crippen LogP contribution in [0.25, 0.3) is 10.8 Å². The van der Waals surface area contributed by atoms with Crippen LogP contribution in [0.3, 0.4) is 0 Å². The minimum Gasteiger partial charge on any atom is -0.392 e. The van der Waals surface area contributed by atoms with Crippen molar-refractivity contribution >= 4 is 16.6 Å². The van der Waals surface area contributed by atoms with Crippen molar-refractivity contribution in [1.29, 1.82) is 0 Å². The van der Waals surface area contributed by atoms with Gasteiger partial charge in [-0.15, -0.1) is 0 Å². The lowest BCUT2D eigenvalue weighted by atomic mass is 10.1. The predicted octanol–water partition coefficient (Wildman–Crippen LogP) is 3.50. The second-order valence-electron chi connectivity index (χ2n) is 5.57. The molecule has 0 spiro atoms. The fourth-order valence-corrected chi connectivity index (χ4v) is 3.07. The van der Waals surface area contributed by atoms with Crippen LogP contribution < -0.4 is 4.90 Å². The van der Waals surface area contributed by atoms with Gasteiger partial charge in [0.1, 0.15) is 5.82 Å². The van der Waals surface area contributed by atoms with Crippen molar-refractivity contribution in [2.75, 3.05) is 18.0 Å². The standard InChI is InChI=1S/C17H22N2O/c20-13-14-12-18-17(16-9-5-4-8-15(14)16)19-10-6-2-1-3-7-11-19/h4-5,8-9,12,20H,1-3,6-7,10-11,13H2. The number of anilines is 1. The number of hydrogen-bond acceptors (Lipinski definition) is 3. The lowest BCUT2D eigenvalue weighted by molar-refractivity contribution is 0.283. The average Bonchev–Trinajstić information content (AvgIpc) is 2.46. The van der Waals surface area contributed by atoms with Crippen LogP contribution in [0.1, 0.15) is 37.7 Å². The molecule has 2 aromatic rings. The van der Waals surface area contributed by atoms with E-state index in [1.54, 1.807) is 0 Å². The predicted molar refractivity (Wildman–Crippen MR) is 83.0 cm³/mol. The number of hydrogen-bond donors (Lipinski definition) is 1. The van der Waals surface area contributed by atoms with E-state index < -0.39 is 0 Å². The molecular formula is C17H22N2O. The van der Waals surface area contributed by atoms with Crippen LogP contribution in [0.5, 0.6) is 0 Å². The second-order valence-corrected chi connectivity index (χ2v) is 5.57. The molecule has 0 bridgehead atoms. The topological polar surface area (TPSA) is 36.4 Å². The quantitative estimate of drug-likeness (QED) is 0.907. The Morgan fingerprint density at radius 2 is 1.60 bits per heavy atom. The van der Waals surface area contributed by atoms with E-state index in [4.69, 9.17) is 0 Å². The highest BCUT2D eigenvalue weighted by molar-refractivity contribution is 5.94. The zero-order valence-electron chi connectivity index (χ0n) is 11.9. The van der Waals surface area contributed by atoms with Gasteiger partial charge in [0.25, 0.3) is 0 Å². The molecule has 3 rings (SSSR count). The Labute approximate surface area is 120 Å². The molecule has 1 fully saturated rings. The van der Waals surface area contributed by atoms with Crippen LogP contribution >= 0.6 is 0 Å². The minimum atomic E-state index is 0.0494. The van der Waals surface area contributed by atoms with E-state index >= 15 is 0 Å². The fraction of sp³-hybridized carbons (Fsp3) is 0.471. The summed E-state index contributed by atoms with van der Waals surface area (Å²) in [5.74, 6) is 1.08. The van der Waals surface area contributed by atoms with Gasteiger partial charge in [-0.25, -0.2) is 4.98 Å². The van der Waals surface area contributed by atoms with Crippen molar-refractivity contribution in [3.8, 4) is 0 Å². The zero-order valence-corrected chi connectivity index (χ0v) is 11.9. The summed E-state index contributed by atoms with van der Waals surface area (Å²) in [5, 5.41) is 11.8. The summed E-state index contributed by atoms with van der Waals surface area (Å²) in [5.41, 5.74) is 0.913. The molecule has 2 heterocycles. The molecule has 3 heteroatoms. The molecule has 3 nitrogen and oxygen atoms in total. The molecule has 1 aliphatic heterocycles. The molecule has 0 amide bonds. The van der Waals surface area contributed by atoms with E-state index in [0.29, 0.717) is 0 Å². The summed E-state index contributed by atoms with van der Waals surface area (Å²) in [4.78, 5) is 7.06. The number of rotatable bonds is 2. The number of pyridine rings is 1. The lowest BCUT2D eigenvalue weighted by Crippen LogP contribution is -2.28. The van der Waals surface area contributed by atoms with E-state index in [0.717, 1.165) is 29.9 Å². The van der Waals surface area contributed by atoms with Crippen LogP contribution in [0.15, 0.2) is 30.5 Å². The zero-order chi connectivity index (χ0) is 13.8. The molecule has 0 atom stereocenters. The molecule has 1 aromatic heterocycles. The average molecular weight is 270 g/mol. The molecule has 106 valence electrons. The number of fused-ring (bicyclic) bond motifs is 1. The largest absolute Gasteiger partial charge is 0.392 e. The maximum Gasteiger partial charge on any atom is 0.136 e. The van der Waals surface area contributed by atoms with Gasteiger partial charge in [-0.05, 0) is 18.2 Å². The van der Waals surface area contributed by atoms with Crippen molar-refractivity contribution in [2.45, 2.75) is 38.7 Å². The number of nitrogens with zero attached hydrogens (tertiary/aromatic N) is 2. The lowest BCUT2D eigenvalue weighted by Gasteiger charge is -2.27. The Kier molecular flexibility index (Phi) is 4.16. The molecule has 0 saturated carbocycles. The SMILES string of the molecule is OCc1cnc(N2CCCCCCC2)c2ccccc12. The van der Waals surface area contributed by atoms with Crippen molar-refractivity contribution < 1.29 is 5.11 Å². The smallest absolute Gasteiger partial charge is 0.136 e. The van der Waals surface area contributed by atoms with Crippen molar-refractivity contribution in [1.82, 2.24) is 4.98 Å². The summed E-state index contributed by atoms with van der Waals surface area (Å²) in [6.07, 6.45) is 8.34. The summed E-state index contributed by atoms with van der Waals surface area (Å²) < 4.78 is 0. The monoisotopic (exact) mass is 270 g/mol. The van der Waals surface area contributed by atoms with Gasteiger partial charge in [-0.2, -0.15) is 0 Å². The number of benzene rings is 1. The van der Waals surface area contributed by atoms with E-state index in [2.05, 4.69) is 28.1 Å². The van der Waals surface area contributed by atoms with E-state index in [1.165, 1.54) is 37.5 Å². The first-order valence-corrected chi connectivity index (χ1v) is 7.62. The van der Waals surface area contributed by atoms with Crippen molar-refractivity contribution in [2.24, 2.45) is 0 Å². The third kappa shape index (κ3) is 2.63. The Morgan fingerprint density at radius 1 is 0.950 bits per heavy atom. The molecule has 0 radical (unpaired) electrons. The molecule has 1 saturated heterocycles. The first kappa shape index (κ1) is 13.4. The van der Waals surface area contributed by atoms with E-state index in [9.17, 15) is 5.11 Å². The van der Waals surface area contributed by atoms with Gasteiger partial charge in [0, 0.05) is 30.2 Å². The van der Waals surface area contributed by atoms with Gasteiger partial charge in [0.05, 0.1) is 6.61 Å². The highest BCUT2D eigenvalue weighted by Gasteiger charge is 2.14. The summed E-state index contributed by atoms with van der Waals surface area (Å²) >= 11 is 0. The van der Waals surface area contributed by atoms with Gasteiger partial charge in [-0.3, -0.25) is 0 Å². The van der Waals surface area contributed by atoms with Crippen molar-refractivity contribution in [3.05, 3.63) is 36.0 Å². The number of aliphatic hydroxyl groups excluding tert-OH is 1. The second kappa shape index (κ2) is 6.23. The molecule has 20 heavy (non-hydrogen) atoms. The van der Waals surface area contributed by atoms with E-state index in [-0.39, 0.29) is 6.61 Å². The number of aliphatic hydroxyl groups is 1. The molecule has 1 N–H and O–H groups in total. The van der Waals surface area contributed by atoms with Crippen molar-refractivity contribution in [3.63, 3.8) is 0 Å². The Hall–Kier alpha value is -1.61. The van der Waals surface area contributed by atoms with Gasteiger partial charge in [0.2, 0.25) is 0 Å². The van der Waals surface area contributed by atoms with Crippen LogP contribution in [0.2, 0.25) is 0 Å². The summed E-state index contributed by atoms with van der Waals surface area (Å²) in [6.45, 7) is 2.23. The van der Waals surface area contributed by atoms with Gasteiger partial charge in [-0.1, -0.05) is 43.5 Å². The third-order valence-electron chi connectivity index (χ3n) is 4.18. The Balaban J connectivity index is 2.02. The van der Waals surface area contributed by atoms with Crippen LogP contribution in [-0.2, 0) is 6.61 Å². The van der Waals surface area contributed by atoms with Crippen LogP contribution in [-0.4, -0.2) is 23.2 Å². The number of aromatic nitrogens is 1. The Morgan fingerprint density at radius 3 is 2.30 bits per heavy atom. The first-order chi connectivity index (χ1) is 9.90. The van der Waals surface area contributed by atoms with Gasteiger partial charge >= 0.3 is 0 Å². The summed E-state index contributed by atoms with van der Waals surface area (Å²) in [6, 6.07) is 8.28. The highest BCUT2D eigenvalue weighted by Crippen LogP contribution is 2.28. The third-order valence-corrected chi connectivity index (χ3v) is 4.18. The normalized spacial score (nSPS) is 16.9. The van der Waals surface area contributed by atoms with Gasteiger partial charge in [0.15, 0.2) is 0 Å². The van der Waals surface area contributed by atoms with Gasteiger partial charge < -0.3 is 10.0 Å². The van der Waals surface area contributed by atoms with E-state index in [1.807, 2.05) is 12.3 Å². The maximum absolute atomic E-state index is 9.47. The summed E-state index contributed by atoms with van der Waals surface area (Å²) in [7, 11) is 0. The molecule has 0 unspecified atom stereocenters. The maximum atomic E-state index is 9.47. The first-order valence-electron chi connectivity index (χ1n) is 7.62. The molecule has 1 aromatic carbocycles. The molecule has 0 aliphatic carbocycles. The van der Waals surface area contributed by atoms with Crippen LogP contribution in [0.4, 0.5) is 5.82 Å². The molecular weight excluding hydrogens is 248 g/mol.